The van der Waals surface area contributed by atoms with Gasteiger partial charge in [-0.3, -0.25) is 9.69 Å². The summed E-state index contributed by atoms with van der Waals surface area (Å²) in [6, 6.07) is 4.86. The van der Waals surface area contributed by atoms with Crippen LogP contribution < -0.4 is 0 Å². The zero-order valence-corrected chi connectivity index (χ0v) is 19.1. The summed E-state index contributed by atoms with van der Waals surface area (Å²) in [6.45, 7) is 2.80. The first-order chi connectivity index (χ1) is 15.1. The van der Waals surface area contributed by atoms with E-state index in [9.17, 15) is 22.7 Å². The summed E-state index contributed by atoms with van der Waals surface area (Å²) in [5.41, 5.74) is 2.00. The normalized spacial score (nSPS) is 16.1. The molecule has 32 heavy (non-hydrogen) atoms. The average molecular weight is 462 g/mol. The van der Waals surface area contributed by atoms with Crippen LogP contribution in [0.1, 0.15) is 43.7 Å². The van der Waals surface area contributed by atoms with Crippen LogP contribution in [0.4, 0.5) is 4.39 Å². The van der Waals surface area contributed by atoms with Gasteiger partial charge < -0.3 is 10.2 Å². The van der Waals surface area contributed by atoms with E-state index >= 15 is 0 Å². The largest absolute Gasteiger partial charge is 0.480 e. The van der Waals surface area contributed by atoms with Crippen molar-refractivity contribution in [2.75, 3.05) is 32.5 Å². The maximum absolute atomic E-state index is 14.4. The van der Waals surface area contributed by atoms with E-state index in [2.05, 4.69) is 23.7 Å². The molecule has 2 rings (SSSR count). The predicted molar refractivity (Wildman–Crippen MR) is 122 cm³/mol. The molecule has 0 spiro atoms. The van der Waals surface area contributed by atoms with Gasteiger partial charge in [0.25, 0.3) is 0 Å². The maximum Gasteiger partial charge on any atom is 0.324 e. The van der Waals surface area contributed by atoms with Crippen LogP contribution in [0, 0.1) is 29.5 Å². The number of hydrogen-bond acceptors (Lipinski definition) is 5. The lowest BCUT2D eigenvalue weighted by molar-refractivity contribution is -0.139. The minimum atomic E-state index is -3.75. The second kappa shape index (κ2) is 11.3. The Kier molecular flexibility index (Phi) is 9.03. The lowest BCUT2D eigenvalue weighted by Crippen LogP contribution is -2.46. The third-order valence-corrected chi connectivity index (χ3v) is 7.63. The van der Waals surface area contributed by atoms with Gasteiger partial charge in [0, 0.05) is 38.9 Å². The van der Waals surface area contributed by atoms with Crippen LogP contribution in [0.25, 0.3) is 5.57 Å². The number of benzene rings is 1. The van der Waals surface area contributed by atoms with Gasteiger partial charge in [-0.1, -0.05) is 18.1 Å². The first kappa shape index (κ1) is 25.6. The van der Waals surface area contributed by atoms with Crippen LogP contribution in [0.3, 0.4) is 0 Å². The molecular weight excluding hydrogens is 433 g/mol. The van der Waals surface area contributed by atoms with E-state index in [-0.39, 0.29) is 18.6 Å². The fourth-order valence-corrected chi connectivity index (χ4v) is 3.97. The lowest BCUT2D eigenvalue weighted by atomic mass is 9.97. The summed E-state index contributed by atoms with van der Waals surface area (Å²) in [5, 5.41) is 18.1. The van der Waals surface area contributed by atoms with Gasteiger partial charge in [0.15, 0.2) is 14.6 Å². The number of carboxylic acid groups (broad SMARTS) is 1. The van der Waals surface area contributed by atoms with Crippen LogP contribution >= 0.6 is 0 Å². The number of aliphatic carboxylic acids is 1. The van der Waals surface area contributed by atoms with E-state index in [1.807, 2.05) is 11.0 Å². The number of carboxylic acids is 1. The Morgan fingerprint density at radius 3 is 2.62 bits per heavy atom. The number of halogens is 1. The Bertz CT molecular complexity index is 1100. The van der Waals surface area contributed by atoms with Crippen LogP contribution in [-0.4, -0.2) is 66.7 Å². The Hall–Kier alpha value is -2.65. The van der Waals surface area contributed by atoms with Crippen molar-refractivity contribution in [2.24, 2.45) is 0 Å². The van der Waals surface area contributed by atoms with Crippen molar-refractivity contribution in [1.29, 1.82) is 0 Å². The lowest BCUT2D eigenvalue weighted by Gasteiger charge is -2.30. The summed E-state index contributed by atoms with van der Waals surface area (Å²) < 4.78 is 36.4. The van der Waals surface area contributed by atoms with Gasteiger partial charge in [0.1, 0.15) is 5.82 Å². The van der Waals surface area contributed by atoms with Gasteiger partial charge in [-0.15, -0.1) is 0 Å². The fraction of sp³-hybridized carbons (Fsp3) is 0.458. The third-order valence-electron chi connectivity index (χ3n) is 5.62. The summed E-state index contributed by atoms with van der Waals surface area (Å²) in [4.78, 5) is 13.5. The van der Waals surface area contributed by atoms with E-state index < -0.39 is 26.4 Å². The minimum Gasteiger partial charge on any atom is -0.480 e. The van der Waals surface area contributed by atoms with Crippen molar-refractivity contribution < 1.29 is 27.8 Å². The Balaban J connectivity index is 2.01. The van der Waals surface area contributed by atoms with Crippen molar-refractivity contribution >= 4 is 21.4 Å². The van der Waals surface area contributed by atoms with E-state index in [0.29, 0.717) is 38.9 Å². The number of nitrogens with zero attached hydrogens (tertiary/aromatic N) is 1. The van der Waals surface area contributed by atoms with Crippen LogP contribution in [0.5, 0.6) is 0 Å². The summed E-state index contributed by atoms with van der Waals surface area (Å²) in [5.74, 6) is 8.96. The molecule has 172 valence electrons. The van der Waals surface area contributed by atoms with Gasteiger partial charge in [-0.05, 0) is 67.2 Å². The highest BCUT2D eigenvalue weighted by atomic mass is 32.2. The number of hydrogen-bond donors (Lipinski definition) is 2. The van der Waals surface area contributed by atoms with Gasteiger partial charge in [0.2, 0.25) is 0 Å². The van der Waals surface area contributed by atoms with Crippen molar-refractivity contribution in [3.8, 4) is 23.7 Å². The molecule has 0 saturated carbocycles. The molecule has 1 aliphatic rings. The summed E-state index contributed by atoms with van der Waals surface area (Å²) >= 11 is 0. The SMILES string of the molecule is CC(CCN1CC=C(c2ccc(C#CC#CCCCO)c(F)c2)CC1)(C(=O)O)S(C)(=O)=O. The van der Waals surface area contributed by atoms with Gasteiger partial charge in [-0.25, -0.2) is 12.8 Å². The predicted octanol–water partition coefficient (Wildman–Crippen LogP) is 2.32. The Morgan fingerprint density at radius 1 is 1.31 bits per heavy atom. The van der Waals surface area contributed by atoms with Crippen LogP contribution in [-0.2, 0) is 14.6 Å². The highest BCUT2D eigenvalue weighted by molar-refractivity contribution is 7.92. The number of unbranched alkanes of at least 4 members (excludes halogenated alkanes) is 1. The summed E-state index contributed by atoms with van der Waals surface area (Å²) in [7, 11) is -3.75. The smallest absolute Gasteiger partial charge is 0.324 e. The first-order valence-electron chi connectivity index (χ1n) is 10.3. The second-order valence-electron chi connectivity index (χ2n) is 7.91. The number of carbonyl (C=O) groups is 1. The van der Waals surface area contributed by atoms with Gasteiger partial charge in [-0.2, -0.15) is 0 Å². The highest BCUT2D eigenvalue weighted by Gasteiger charge is 2.43. The van der Waals surface area contributed by atoms with Crippen molar-refractivity contribution in [2.45, 2.75) is 37.4 Å². The van der Waals surface area contributed by atoms with Crippen molar-refractivity contribution in [3.05, 3.63) is 41.2 Å². The van der Waals surface area contributed by atoms with Crippen LogP contribution in [0.2, 0.25) is 0 Å². The summed E-state index contributed by atoms with van der Waals surface area (Å²) in [6.07, 6.45) is 4.66. The molecule has 0 aromatic heterocycles. The fourth-order valence-electron chi connectivity index (χ4n) is 3.19. The quantitative estimate of drug-likeness (QED) is 0.456. The van der Waals surface area contributed by atoms with Crippen LogP contribution in [0.15, 0.2) is 24.3 Å². The Labute approximate surface area is 189 Å². The molecule has 1 aromatic carbocycles. The third kappa shape index (κ3) is 6.67. The molecule has 1 unspecified atom stereocenters. The highest BCUT2D eigenvalue weighted by Crippen LogP contribution is 2.26. The molecule has 0 aliphatic carbocycles. The van der Waals surface area contributed by atoms with Crippen molar-refractivity contribution in [1.82, 2.24) is 4.90 Å². The molecule has 2 N–H and O–H groups in total. The standard InChI is InChI=1S/C24H28FNO5S/c1-24(23(28)29,32(2,30)31)13-16-26-14-11-19(12-15-26)21-10-9-20(22(25)18-21)8-6-4-3-5-7-17-27/h9-11,18,27H,5,7,12-17H2,1-2H3,(H,28,29). The van der Waals surface area contributed by atoms with Crippen molar-refractivity contribution in [3.63, 3.8) is 0 Å². The van der Waals surface area contributed by atoms with E-state index in [4.69, 9.17) is 5.11 Å². The zero-order chi connectivity index (χ0) is 23.8. The molecule has 1 aliphatic heterocycles. The van der Waals surface area contributed by atoms with E-state index in [0.717, 1.165) is 17.4 Å². The molecule has 6 nitrogen and oxygen atoms in total. The monoisotopic (exact) mass is 461 g/mol. The average Bonchev–Trinajstić information content (AvgIpc) is 2.74. The topological polar surface area (TPSA) is 94.9 Å². The molecular formula is C24H28FNO5S. The van der Waals surface area contributed by atoms with E-state index in [1.54, 1.807) is 12.1 Å². The molecule has 0 bridgehead atoms. The van der Waals surface area contributed by atoms with Gasteiger partial charge >= 0.3 is 5.97 Å². The minimum absolute atomic E-state index is 0.00473. The number of aliphatic hydroxyl groups is 1. The second-order valence-corrected chi connectivity index (χ2v) is 10.4. The molecule has 0 saturated heterocycles. The molecule has 0 fully saturated rings. The molecule has 1 atom stereocenters. The number of rotatable bonds is 8. The molecule has 8 heteroatoms. The molecule has 0 amide bonds. The van der Waals surface area contributed by atoms with Gasteiger partial charge in [0.05, 0.1) is 5.56 Å². The molecule has 1 aromatic rings. The molecule has 0 radical (unpaired) electrons. The maximum atomic E-state index is 14.4. The van der Waals surface area contributed by atoms with E-state index in [1.165, 1.54) is 13.0 Å². The number of aliphatic hydroxyl groups excluding tert-OH is 1. The number of sulfone groups is 1. The zero-order valence-electron chi connectivity index (χ0n) is 18.3. The molecule has 1 heterocycles. The Morgan fingerprint density at radius 2 is 2.06 bits per heavy atom. The first-order valence-corrected chi connectivity index (χ1v) is 12.2.